The van der Waals surface area contributed by atoms with Gasteiger partial charge in [-0.05, 0) is 43.4 Å². The first-order valence-corrected chi connectivity index (χ1v) is 9.18. The average molecular weight is 342 g/mol. The predicted octanol–water partition coefficient (Wildman–Crippen LogP) is 3.31. The van der Waals surface area contributed by atoms with E-state index in [1.165, 1.54) is 4.90 Å². The Morgan fingerprint density at radius 1 is 1.08 bits per heavy atom. The fourth-order valence-corrected chi connectivity index (χ4v) is 3.91. The minimum Gasteiger partial charge on any atom is -0.324 e. The number of carbonyl (C=O) groups excluding carboxylic acids is 3. The number of likely N-dealkylation sites (tertiary alicyclic amines) is 1. The lowest BCUT2D eigenvalue weighted by atomic mass is 9.81. The maximum absolute atomic E-state index is 12.6. The van der Waals surface area contributed by atoms with Crippen LogP contribution in [0, 0.1) is 11.8 Å². The van der Waals surface area contributed by atoms with Gasteiger partial charge in [0.1, 0.15) is 6.04 Å². The van der Waals surface area contributed by atoms with E-state index >= 15 is 0 Å². The quantitative estimate of drug-likeness (QED) is 0.854. The Kier molecular flexibility index (Phi) is 4.93. The molecule has 25 heavy (non-hydrogen) atoms. The van der Waals surface area contributed by atoms with Crippen LogP contribution >= 0.6 is 0 Å². The number of carbonyl (C=O) groups is 3. The molecule has 1 saturated heterocycles. The van der Waals surface area contributed by atoms with Gasteiger partial charge in [-0.25, -0.2) is 0 Å². The van der Waals surface area contributed by atoms with Crippen molar-refractivity contribution in [1.82, 2.24) is 4.90 Å². The van der Waals surface area contributed by atoms with Gasteiger partial charge in [-0.1, -0.05) is 38.8 Å². The van der Waals surface area contributed by atoms with E-state index in [1.54, 1.807) is 6.92 Å². The number of hydrogen-bond donors (Lipinski definition) is 1. The first-order chi connectivity index (χ1) is 11.9. The van der Waals surface area contributed by atoms with Gasteiger partial charge >= 0.3 is 0 Å². The highest BCUT2D eigenvalue weighted by atomic mass is 16.2. The van der Waals surface area contributed by atoms with Crippen LogP contribution in [-0.2, 0) is 14.4 Å². The fraction of sp³-hybridized carbons (Fsp3) is 0.550. The number of imide groups is 1. The van der Waals surface area contributed by atoms with Gasteiger partial charge < -0.3 is 5.32 Å². The minimum atomic E-state index is -0.784. The summed E-state index contributed by atoms with van der Waals surface area (Å²) >= 11 is 0. The van der Waals surface area contributed by atoms with Crippen molar-refractivity contribution in [2.45, 2.75) is 58.4 Å². The van der Waals surface area contributed by atoms with E-state index in [9.17, 15) is 14.4 Å². The highest BCUT2D eigenvalue weighted by Crippen LogP contribution is 2.38. The van der Waals surface area contributed by atoms with Gasteiger partial charge in [0.05, 0.1) is 11.8 Å². The van der Waals surface area contributed by atoms with Gasteiger partial charge in [0, 0.05) is 5.69 Å². The largest absolute Gasteiger partial charge is 0.324 e. The van der Waals surface area contributed by atoms with Gasteiger partial charge in [0.2, 0.25) is 17.7 Å². The Labute approximate surface area is 148 Å². The molecule has 3 unspecified atom stereocenters. The summed E-state index contributed by atoms with van der Waals surface area (Å²) in [5.74, 6) is -0.747. The van der Waals surface area contributed by atoms with E-state index in [1.807, 2.05) is 24.3 Å². The van der Waals surface area contributed by atoms with Crippen LogP contribution in [0.4, 0.5) is 5.69 Å². The van der Waals surface area contributed by atoms with Crippen LogP contribution in [0.25, 0.3) is 0 Å². The van der Waals surface area contributed by atoms with Crippen molar-refractivity contribution < 1.29 is 14.4 Å². The molecule has 0 spiro atoms. The number of benzene rings is 1. The van der Waals surface area contributed by atoms with Crippen molar-refractivity contribution in [2.24, 2.45) is 11.8 Å². The zero-order valence-corrected chi connectivity index (χ0v) is 15.1. The molecule has 1 aliphatic carbocycles. The molecule has 1 N–H and O–H groups in total. The van der Waals surface area contributed by atoms with E-state index < -0.39 is 6.04 Å². The van der Waals surface area contributed by atoms with Crippen LogP contribution in [0.5, 0.6) is 0 Å². The zero-order valence-electron chi connectivity index (χ0n) is 15.1. The van der Waals surface area contributed by atoms with Crippen LogP contribution in [-0.4, -0.2) is 28.7 Å². The van der Waals surface area contributed by atoms with Crippen molar-refractivity contribution >= 4 is 23.4 Å². The Hall–Kier alpha value is -2.17. The summed E-state index contributed by atoms with van der Waals surface area (Å²) in [4.78, 5) is 39.1. The predicted molar refractivity (Wildman–Crippen MR) is 95.9 cm³/mol. The zero-order chi connectivity index (χ0) is 18.1. The summed E-state index contributed by atoms with van der Waals surface area (Å²) in [6, 6.07) is 6.89. The summed E-state index contributed by atoms with van der Waals surface area (Å²) < 4.78 is 0. The molecule has 5 nitrogen and oxygen atoms in total. The average Bonchev–Trinajstić information content (AvgIpc) is 2.86. The third-order valence-corrected chi connectivity index (χ3v) is 5.46. The van der Waals surface area contributed by atoms with E-state index in [0.717, 1.165) is 31.2 Å². The third-order valence-electron chi connectivity index (χ3n) is 5.46. The number of rotatable bonds is 4. The van der Waals surface area contributed by atoms with E-state index in [-0.39, 0.29) is 29.6 Å². The number of nitrogens with zero attached hydrogens (tertiary/aromatic N) is 1. The van der Waals surface area contributed by atoms with Crippen molar-refractivity contribution in [1.29, 1.82) is 0 Å². The highest BCUT2D eigenvalue weighted by Gasteiger charge is 2.50. The molecular formula is C20H26N2O3. The van der Waals surface area contributed by atoms with Crippen LogP contribution in [0.2, 0.25) is 0 Å². The summed E-state index contributed by atoms with van der Waals surface area (Å²) in [6.45, 7) is 5.81. The van der Waals surface area contributed by atoms with Crippen LogP contribution in [0.15, 0.2) is 24.3 Å². The molecule has 1 heterocycles. The number of nitrogens with one attached hydrogen (secondary N) is 1. The van der Waals surface area contributed by atoms with Crippen molar-refractivity contribution in [3.8, 4) is 0 Å². The Balaban J connectivity index is 1.73. The number of anilines is 1. The molecule has 0 aromatic heterocycles. The van der Waals surface area contributed by atoms with E-state index in [4.69, 9.17) is 0 Å². The maximum atomic E-state index is 12.6. The van der Waals surface area contributed by atoms with Crippen LogP contribution in [0.3, 0.4) is 0 Å². The lowest BCUT2D eigenvalue weighted by molar-refractivity contribution is -0.146. The van der Waals surface area contributed by atoms with Crippen molar-refractivity contribution in [2.75, 3.05) is 5.32 Å². The molecule has 2 aliphatic rings. The van der Waals surface area contributed by atoms with Crippen LogP contribution < -0.4 is 5.32 Å². The van der Waals surface area contributed by atoms with Crippen molar-refractivity contribution in [3.63, 3.8) is 0 Å². The summed E-state index contributed by atoms with van der Waals surface area (Å²) in [7, 11) is 0. The molecule has 0 bridgehead atoms. The molecule has 134 valence electrons. The third kappa shape index (κ3) is 3.32. The molecule has 1 saturated carbocycles. The monoisotopic (exact) mass is 342 g/mol. The van der Waals surface area contributed by atoms with Gasteiger partial charge in [-0.3, -0.25) is 19.3 Å². The number of fused-ring (bicyclic) bond motifs is 1. The molecule has 0 radical (unpaired) electrons. The molecular weight excluding hydrogens is 316 g/mol. The highest BCUT2D eigenvalue weighted by molar-refractivity contribution is 6.09. The van der Waals surface area contributed by atoms with E-state index in [0.29, 0.717) is 11.6 Å². The molecule has 2 fully saturated rings. The normalized spacial score (nSPS) is 24.4. The standard InChI is InChI=1S/C20H26N2O3/c1-12(2)14-7-6-8-15(11-14)21-18(23)13(3)22-19(24)16-9-4-5-10-17(16)20(22)25/h6-8,11-13,16-17H,4-5,9-10H2,1-3H3,(H,21,23). The van der Waals surface area contributed by atoms with Crippen molar-refractivity contribution in [3.05, 3.63) is 29.8 Å². The molecule has 3 rings (SSSR count). The SMILES string of the molecule is CC(C)c1cccc(NC(=O)C(C)N2C(=O)C3CCCCC3C2=O)c1. The Bertz CT molecular complexity index is 674. The molecule has 1 aromatic rings. The molecule has 5 heteroatoms. The Morgan fingerprint density at radius 2 is 1.68 bits per heavy atom. The second kappa shape index (κ2) is 6.98. The van der Waals surface area contributed by atoms with Gasteiger partial charge in [-0.2, -0.15) is 0 Å². The lowest BCUT2D eigenvalue weighted by Crippen LogP contribution is -2.46. The molecule has 3 amide bonds. The molecule has 1 aromatic carbocycles. The summed E-state index contributed by atoms with van der Waals surface area (Å²) in [6.07, 6.45) is 3.49. The smallest absolute Gasteiger partial charge is 0.247 e. The first-order valence-electron chi connectivity index (χ1n) is 9.18. The fourth-order valence-electron chi connectivity index (χ4n) is 3.91. The maximum Gasteiger partial charge on any atom is 0.247 e. The number of hydrogen-bond acceptors (Lipinski definition) is 3. The summed E-state index contributed by atoms with van der Waals surface area (Å²) in [5, 5.41) is 2.85. The first kappa shape index (κ1) is 17.6. The van der Waals surface area contributed by atoms with Crippen LogP contribution in [0.1, 0.15) is 57.9 Å². The Morgan fingerprint density at radius 3 is 2.24 bits per heavy atom. The van der Waals surface area contributed by atoms with Gasteiger partial charge in [-0.15, -0.1) is 0 Å². The van der Waals surface area contributed by atoms with Gasteiger partial charge in [0.25, 0.3) is 0 Å². The second-order valence-corrected chi connectivity index (χ2v) is 7.49. The summed E-state index contributed by atoms with van der Waals surface area (Å²) in [5.41, 5.74) is 1.82. The van der Waals surface area contributed by atoms with Gasteiger partial charge in [0.15, 0.2) is 0 Å². The second-order valence-electron chi connectivity index (χ2n) is 7.49. The lowest BCUT2D eigenvalue weighted by Gasteiger charge is -2.22. The number of amides is 3. The topological polar surface area (TPSA) is 66.5 Å². The molecule has 3 atom stereocenters. The molecule has 1 aliphatic heterocycles. The minimum absolute atomic E-state index is 0.173. The van der Waals surface area contributed by atoms with E-state index in [2.05, 4.69) is 19.2 Å².